The highest BCUT2D eigenvalue weighted by molar-refractivity contribution is 7.91. The molecule has 33 heavy (non-hydrogen) atoms. The Balaban J connectivity index is 0.000000709. The second-order valence-corrected chi connectivity index (χ2v) is 10.8. The quantitative estimate of drug-likeness (QED) is 0.401. The lowest BCUT2D eigenvalue weighted by Crippen LogP contribution is -2.29. The first-order valence-electron chi connectivity index (χ1n) is 9.99. The Hall–Kier alpha value is -3.21. The van der Waals surface area contributed by atoms with E-state index >= 15 is 0 Å². The number of amides is 1. The minimum atomic E-state index is -3.59. The molecule has 1 amide bonds. The van der Waals surface area contributed by atoms with Crippen molar-refractivity contribution in [3.8, 4) is 10.4 Å². The van der Waals surface area contributed by atoms with Crippen LogP contribution in [0.2, 0.25) is 0 Å². The van der Waals surface area contributed by atoms with Crippen molar-refractivity contribution in [1.29, 1.82) is 0 Å². The van der Waals surface area contributed by atoms with Crippen LogP contribution in [-0.4, -0.2) is 36.7 Å². The van der Waals surface area contributed by atoms with E-state index in [0.717, 1.165) is 22.4 Å². The van der Waals surface area contributed by atoms with Gasteiger partial charge in [0.15, 0.2) is 0 Å². The van der Waals surface area contributed by atoms with Crippen LogP contribution in [-0.2, 0) is 20.2 Å². The van der Waals surface area contributed by atoms with Gasteiger partial charge in [0, 0.05) is 28.9 Å². The molecule has 0 radical (unpaired) electrons. The Labute approximate surface area is 196 Å². The van der Waals surface area contributed by atoms with Gasteiger partial charge >= 0.3 is 6.16 Å². The number of hydrogen-bond donors (Lipinski definition) is 4. The Morgan fingerprint density at radius 3 is 2.33 bits per heavy atom. The summed E-state index contributed by atoms with van der Waals surface area (Å²) >= 11 is 1.22. The first-order chi connectivity index (χ1) is 15.5. The van der Waals surface area contributed by atoms with Crippen LogP contribution < -0.4 is 10.0 Å². The zero-order chi connectivity index (χ0) is 24.2. The molecule has 0 aliphatic heterocycles. The second-order valence-electron chi connectivity index (χ2n) is 7.82. The molecule has 0 unspecified atom stereocenters. The van der Waals surface area contributed by atoms with Crippen molar-refractivity contribution < 1.29 is 28.2 Å². The number of sulfonamides is 1. The lowest BCUT2D eigenvalue weighted by molar-refractivity contribution is -0.114. The van der Waals surface area contributed by atoms with E-state index in [-0.39, 0.29) is 17.4 Å². The fourth-order valence-electron chi connectivity index (χ4n) is 3.49. The number of carbonyl (C=O) groups is 2. The van der Waals surface area contributed by atoms with Crippen LogP contribution in [0.3, 0.4) is 0 Å². The highest BCUT2D eigenvalue weighted by Gasteiger charge is 2.53. The maximum absolute atomic E-state index is 12.9. The van der Waals surface area contributed by atoms with Crippen LogP contribution in [0, 0.1) is 0 Å². The molecule has 1 aliphatic rings. The average Bonchev–Trinajstić information content (AvgIpc) is 3.14. The number of carboxylic acid groups (broad SMARTS) is 2. The standard InChI is InChI=1S/C22H22N2O3S2.CH2O3/c1-15(25)23-18-10-6-7-16(13-18)19-11-12-21(28-19)29(26,27)24-20-14-22(20,2)17-8-4-3-5-9-17;2-1(3)4/h3-13,20,24H,14H2,1-2H3,(H,23,25);(H2,2,3,4)/t20-,22+;/m0./s1. The molecule has 174 valence electrons. The summed E-state index contributed by atoms with van der Waals surface area (Å²) in [6.45, 7) is 3.54. The molecular formula is C23H24N2O6S2. The van der Waals surface area contributed by atoms with E-state index in [9.17, 15) is 13.2 Å². The molecule has 1 aromatic heterocycles. The predicted molar refractivity (Wildman–Crippen MR) is 127 cm³/mol. The molecule has 1 fully saturated rings. The third kappa shape index (κ3) is 6.19. The monoisotopic (exact) mass is 488 g/mol. The van der Waals surface area contributed by atoms with Crippen molar-refractivity contribution in [2.75, 3.05) is 5.32 Å². The molecule has 3 aromatic rings. The zero-order valence-corrected chi connectivity index (χ0v) is 19.6. The first-order valence-corrected chi connectivity index (χ1v) is 12.3. The molecule has 2 atom stereocenters. The summed E-state index contributed by atoms with van der Waals surface area (Å²) in [5.41, 5.74) is 2.53. The third-order valence-corrected chi connectivity index (χ3v) is 8.38. The number of anilines is 1. The van der Waals surface area contributed by atoms with E-state index in [2.05, 4.69) is 17.0 Å². The summed E-state index contributed by atoms with van der Waals surface area (Å²) in [6, 6.07) is 20.7. The number of benzene rings is 2. The second kappa shape index (κ2) is 9.74. The van der Waals surface area contributed by atoms with Gasteiger partial charge in [-0.3, -0.25) is 4.79 Å². The summed E-state index contributed by atoms with van der Waals surface area (Å²) in [7, 11) is -3.59. The van der Waals surface area contributed by atoms with Gasteiger partial charge in [-0.25, -0.2) is 17.9 Å². The lowest BCUT2D eigenvalue weighted by Gasteiger charge is -2.12. The fraction of sp³-hybridized carbons (Fsp3) is 0.217. The van der Waals surface area contributed by atoms with Crippen molar-refractivity contribution in [2.24, 2.45) is 0 Å². The number of nitrogens with one attached hydrogen (secondary N) is 2. The first kappa shape index (κ1) is 24.4. The van der Waals surface area contributed by atoms with Crippen LogP contribution in [0.1, 0.15) is 25.8 Å². The Morgan fingerprint density at radius 2 is 1.70 bits per heavy atom. The maximum Gasteiger partial charge on any atom is 0.503 e. The summed E-state index contributed by atoms with van der Waals surface area (Å²) in [5, 5.41) is 16.7. The molecule has 4 rings (SSSR count). The fourth-order valence-corrected chi connectivity index (χ4v) is 6.16. The zero-order valence-electron chi connectivity index (χ0n) is 18.0. The SMILES string of the molecule is CC(=O)Nc1cccc(-c2ccc(S(=O)(=O)N[C@H]3C[C@]3(C)c3ccccc3)s2)c1.O=C(O)O. The normalized spacial score (nSPS) is 19.2. The molecule has 2 aromatic carbocycles. The molecule has 1 saturated carbocycles. The van der Waals surface area contributed by atoms with Gasteiger partial charge in [0.05, 0.1) is 0 Å². The van der Waals surface area contributed by atoms with Crippen LogP contribution >= 0.6 is 11.3 Å². The Bertz CT molecular complexity index is 1250. The molecule has 1 heterocycles. The summed E-state index contributed by atoms with van der Waals surface area (Å²) in [4.78, 5) is 20.7. The molecule has 8 nitrogen and oxygen atoms in total. The largest absolute Gasteiger partial charge is 0.503 e. The van der Waals surface area contributed by atoms with Crippen LogP contribution in [0.15, 0.2) is 70.9 Å². The average molecular weight is 489 g/mol. The smallest absolute Gasteiger partial charge is 0.450 e. The van der Waals surface area contributed by atoms with Crippen molar-refractivity contribution >= 4 is 39.1 Å². The molecule has 0 bridgehead atoms. The molecular weight excluding hydrogens is 464 g/mol. The van der Waals surface area contributed by atoms with Gasteiger partial charge < -0.3 is 15.5 Å². The van der Waals surface area contributed by atoms with Crippen molar-refractivity contribution in [1.82, 2.24) is 4.72 Å². The summed E-state index contributed by atoms with van der Waals surface area (Å²) in [6.07, 6.45) is -1.05. The van der Waals surface area contributed by atoms with Gasteiger partial charge in [0.2, 0.25) is 15.9 Å². The summed E-state index contributed by atoms with van der Waals surface area (Å²) < 4.78 is 29.0. The molecule has 1 aliphatic carbocycles. The topological polar surface area (TPSA) is 133 Å². The molecule has 10 heteroatoms. The van der Waals surface area contributed by atoms with Gasteiger partial charge in [0.25, 0.3) is 0 Å². The predicted octanol–water partition coefficient (Wildman–Crippen LogP) is 4.60. The van der Waals surface area contributed by atoms with E-state index < -0.39 is 16.2 Å². The van der Waals surface area contributed by atoms with E-state index in [0.29, 0.717) is 9.90 Å². The van der Waals surface area contributed by atoms with Crippen molar-refractivity contribution in [2.45, 2.75) is 35.9 Å². The highest BCUT2D eigenvalue weighted by Crippen LogP contribution is 2.48. The number of carbonyl (C=O) groups excluding carboxylic acids is 1. The van der Waals surface area contributed by atoms with E-state index in [4.69, 9.17) is 15.0 Å². The minimum absolute atomic E-state index is 0.108. The van der Waals surface area contributed by atoms with E-state index in [1.54, 1.807) is 18.2 Å². The third-order valence-electron chi connectivity index (χ3n) is 5.28. The van der Waals surface area contributed by atoms with Gasteiger partial charge in [-0.1, -0.05) is 49.4 Å². The molecule has 0 spiro atoms. The van der Waals surface area contributed by atoms with Gasteiger partial charge in [-0.05, 0) is 41.8 Å². The van der Waals surface area contributed by atoms with Crippen LogP contribution in [0.25, 0.3) is 10.4 Å². The highest BCUT2D eigenvalue weighted by atomic mass is 32.2. The number of hydrogen-bond acceptors (Lipinski definition) is 5. The van der Waals surface area contributed by atoms with Crippen LogP contribution in [0.4, 0.5) is 10.5 Å². The minimum Gasteiger partial charge on any atom is -0.450 e. The van der Waals surface area contributed by atoms with E-state index in [1.807, 2.05) is 48.5 Å². The van der Waals surface area contributed by atoms with E-state index in [1.165, 1.54) is 18.3 Å². The number of rotatable bonds is 6. The number of thiophene rings is 1. The molecule has 0 saturated heterocycles. The van der Waals surface area contributed by atoms with Gasteiger partial charge in [-0.2, -0.15) is 0 Å². The van der Waals surface area contributed by atoms with Crippen molar-refractivity contribution in [3.05, 3.63) is 72.3 Å². The van der Waals surface area contributed by atoms with Gasteiger partial charge in [0.1, 0.15) is 4.21 Å². The molecule has 4 N–H and O–H groups in total. The van der Waals surface area contributed by atoms with Crippen LogP contribution in [0.5, 0.6) is 0 Å². The Kier molecular flexibility index (Phi) is 7.21. The van der Waals surface area contributed by atoms with Crippen molar-refractivity contribution in [3.63, 3.8) is 0 Å². The lowest BCUT2D eigenvalue weighted by atomic mass is 9.98. The Morgan fingerprint density at radius 1 is 1.03 bits per heavy atom. The maximum atomic E-state index is 12.9. The van der Waals surface area contributed by atoms with Gasteiger partial charge in [-0.15, -0.1) is 11.3 Å². The summed E-state index contributed by atoms with van der Waals surface area (Å²) in [5.74, 6) is -0.147.